The molecular weight excluding hydrogens is 252 g/mol. The summed E-state index contributed by atoms with van der Waals surface area (Å²) in [5.74, 6) is -1.32. The van der Waals surface area contributed by atoms with E-state index in [1.165, 1.54) is 12.1 Å². The summed E-state index contributed by atoms with van der Waals surface area (Å²) in [6.07, 6.45) is 0.213. The molecule has 0 aliphatic heterocycles. The Kier molecular flexibility index (Phi) is 4.99. The monoisotopic (exact) mass is 266 g/mol. The lowest BCUT2D eigenvalue weighted by Gasteiger charge is -2.07. The van der Waals surface area contributed by atoms with Crippen molar-refractivity contribution >= 4 is 23.3 Å². The second-order valence-corrected chi connectivity index (χ2v) is 4.05. The molecular formula is C12H14N2O5. The zero-order valence-electron chi connectivity index (χ0n) is 10.4. The quantitative estimate of drug-likeness (QED) is 0.605. The predicted molar refractivity (Wildman–Crippen MR) is 67.9 cm³/mol. The number of hydrogen-bond donors (Lipinski definition) is 2. The highest BCUT2D eigenvalue weighted by molar-refractivity contribution is 5.92. The molecule has 0 saturated carbocycles. The zero-order valence-corrected chi connectivity index (χ0v) is 10.4. The number of aliphatic carboxylic acids is 1. The van der Waals surface area contributed by atoms with Crippen LogP contribution < -0.4 is 5.32 Å². The summed E-state index contributed by atoms with van der Waals surface area (Å²) in [6.45, 7) is 1.72. The molecule has 0 aliphatic carbocycles. The number of carboxylic acid groups (broad SMARTS) is 1. The van der Waals surface area contributed by atoms with Gasteiger partial charge in [0.15, 0.2) is 0 Å². The number of amides is 1. The second-order valence-electron chi connectivity index (χ2n) is 4.05. The standard InChI is InChI=1S/C12H14N2O5/c1-8-5-6-9(14(18)19)7-10(8)13-11(15)3-2-4-12(16)17/h5-7H,2-4H2,1H3,(H,13,15)(H,16,17). The summed E-state index contributed by atoms with van der Waals surface area (Å²) in [5, 5.41) is 21.6. The number of anilines is 1. The molecule has 1 rings (SSSR count). The second kappa shape index (κ2) is 6.48. The van der Waals surface area contributed by atoms with Crippen molar-refractivity contribution in [3.05, 3.63) is 33.9 Å². The minimum absolute atomic E-state index is 0.0639. The third kappa shape index (κ3) is 4.74. The van der Waals surface area contributed by atoms with Gasteiger partial charge in [-0.1, -0.05) is 6.07 Å². The van der Waals surface area contributed by atoms with Gasteiger partial charge in [-0.15, -0.1) is 0 Å². The van der Waals surface area contributed by atoms with Crippen LogP contribution in [0.1, 0.15) is 24.8 Å². The number of carboxylic acids is 1. The van der Waals surface area contributed by atoms with Gasteiger partial charge in [0.25, 0.3) is 5.69 Å². The molecule has 0 spiro atoms. The van der Waals surface area contributed by atoms with Gasteiger partial charge in [0, 0.05) is 25.0 Å². The molecule has 0 saturated heterocycles. The van der Waals surface area contributed by atoms with Crippen molar-refractivity contribution in [2.24, 2.45) is 0 Å². The lowest BCUT2D eigenvalue weighted by molar-refractivity contribution is -0.384. The molecule has 0 bridgehead atoms. The van der Waals surface area contributed by atoms with Gasteiger partial charge in [-0.25, -0.2) is 0 Å². The summed E-state index contributed by atoms with van der Waals surface area (Å²) in [6, 6.07) is 4.19. The van der Waals surface area contributed by atoms with E-state index in [2.05, 4.69) is 5.32 Å². The van der Waals surface area contributed by atoms with Crippen molar-refractivity contribution in [2.75, 3.05) is 5.32 Å². The molecule has 1 aromatic rings. The van der Waals surface area contributed by atoms with Crippen LogP contribution in [0, 0.1) is 17.0 Å². The van der Waals surface area contributed by atoms with Gasteiger partial charge in [-0.3, -0.25) is 19.7 Å². The van der Waals surface area contributed by atoms with Crippen LogP contribution in [0.25, 0.3) is 0 Å². The third-order valence-corrected chi connectivity index (χ3v) is 2.50. The fourth-order valence-corrected chi connectivity index (χ4v) is 1.47. The smallest absolute Gasteiger partial charge is 0.303 e. The summed E-state index contributed by atoms with van der Waals surface area (Å²) in [5.41, 5.74) is 0.971. The molecule has 0 atom stereocenters. The van der Waals surface area contributed by atoms with Gasteiger partial charge in [0.1, 0.15) is 0 Å². The van der Waals surface area contributed by atoms with E-state index in [9.17, 15) is 19.7 Å². The highest BCUT2D eigenvalue weighted by Gasteiger charge is 2.11. The highest BCUT2D eigenvalue weighted by atomic mass is 16.6. The molecule has 102 valence electrons. The van der Waals surface area contributed by atoms with Gasteiger partial charge in [-0.05, 0) is 18.9 Å². The van der Waals surface area contributed by atoms with Crippen LogP contribution in [0.4, 0.5) is 11.4 Å². The first-order chi connectivity index (χ1) is 8.90. The first-order valence-corrected chi connectivity index (χ1v) is 5.67. The summed E-state index contributed by atoms with van der Waals surface area (Å²) in [7, 11) is 0. The van der Waals surface area contributed by atoms with Gasteiger partial charge in [-0.2, -0.15) is 0 Å². The lowest BCUT2D eigenvalue weighted by atomic mass is 10.1. The zero-order chi connectivity index (χ0) is 14.4. The number of aryl methyl sites for hydroxylation is 1. The molecule has 0 unspecified atom stereocenters. The van der Waals surface area contributed by atoms with E-state index in [0.29, 0.717) is 11.3 Å². The number of nitro groups is 1. The van der Waals surface area contributed by atoms with Crippen molar-refractivity contribution in [3.63, 3.8) is 0 Å². The van der Waals surface area contributed by atoms with E-state index >= 15 is 0 Å². The first kappa shape index (κ1) is 14.6. The average Bonchev–Trinajstić information content (AvgIpc) is 2.31. The molecule has 0 aromatic heterocycles. The van der Waals surface area contributed by atoms with Crippen LogP contribution in [0.2, 0.25) is 0 Å². The van der Waals surface area contributed by atoms with Crippen molar-refractivity contribution in [1.82, 2.24) is 0 Å². The summed E-state index contributed by atoms with van der Waals surface area (Å²) in [4.78, 5) is 31.9. The van der Waals surface area contributed by atoms with E-state index in [0.717, 1.165) is 0 Å². The predicted octanol–water partition coefficient (Wildman–Crippen LogP) is 2.10. The number of non-ortho nitro benzene ring substituents is 1. The molecule has 7 nitrogen and oxygen atoms in total. The first-order valence-electron chi connectivity index (χ1n) is 5.67. The summed E-state index contributed by atoms with van der Waals surface area (Å²) < 4.78 is 0. The minimum Gasteiger partial charge on any atom is -0.481 e. The molecule has 19 heavy (non-hydrogen) atoms. The van der Waals surface area contributed by atoms with Crippen LogP contribution in [0.3, 0.4) is 0 Å². The number of nitrogens with zero attached hydrogens (tertiary/aromatic N) is 1. The molecule has 1 aromatic carbocycles. The van der Waals surface area contributed by atoms with Crippen molar-refractivity contribution in [3.8, 4) is 0 Å². The van der Waals surface area contributed by atoms with Crippen LogP contribution in [-0.2, 0) is 9.59 Å². The Hall–Kier alpha value is -2.44. The fraction of sp³-hybridized carbons (Fsp3) is 0.333. The van der Waals surface area contributed by atoms with Gasteiger partial charge in [0.05, 0.1) is 10.6 Å². The van der Waals surface area contributed by atoms with E-state index in [-0.39, 0.29) is 30.9 Å². The maximum Gasteiger partial charge on any atom is 0.303 e. The van der Waals surface area contributed by atoms with Crippen molar-refractivity contribution in [2.45, 2.75) is 26.2 Å². The Morgan fingerprint density at radius 2 is 2.05 bits per heavy atom. The lowest BCUT2D eigenvalue weighted by Crippen LogP contribution is -2.13. The van der Waals surface area contributed by atoms with E-state index < -0.39 is 10.9 Å². The van der Waals surface area contributed by atoms with E-state index in [4.69, 9.17) is 5.11 Å². The largest absolute Gasteiger partial charge is 0.481 e. The number of nitro benzene ring substituents is 1. The van der Waals surface area contributed by atoms with Crippen LogP contribution >= 0.6 is 0 Å². The Labute approximate surface area is 109 Å². The van der Waals surface area contributed by atoms with Gasteiger partial charge >= 0.3 is 5.97 Å². The Bertz CT molecular complexity index is 513. The molecule has 7 heteroatoms. The maximum absolute atomic E-state index is 11.6. The van der Waals surface area contributed by atoms with E-state index in [1.807, 2.05) is 0 Å². The van der Waals surface area contributed by atoms with Crippen LogP contribution in [0.5, 0.6) is 0 Å². The third-order valence-electron chi connectivity index (χ3n) is 2.50. The average molecular weight is 266 g/mol. The number of hydrogen-bond acceptors (Lipinski definition) is 4. The SMILES string of the molecule is Cc1ccc([N+](=O)[O-])cc1NC(=O)CCCC(=O)O. The van der Waals surface area contributed by atoms with Crippen molar-refractivity contribution < 1.29 is 19.6 Å². The highest BCUT2D eigenvalue weighted by Crippen LogP contribution is 2.22. The topological polar surface area (TPSA) is 110 Å². The number of carbonyl (C=O) groups excluding carboxylic acids is 1. The molecule has 0 fully saturated rings. The van der Waals surface area contributed by atoms with E-state index in [1.54, 1.807) is 13.0 Å². The number of nitrogens with one attached hydrogen (secondary N) is 1. The Balaban J connectivity index is 2.65. The summed E-state index contributed by atoms with van der Waals surface area (Å²) >= 11 is 0. The van der Waals surface area contributed by atoms with Gasteiger partial charge in [0.2, 0.25) is 5.91 Å². The molecule has 2 N–H and O–H groups in total. The fourth-order valence-electron chi connectivity index (χ4n) is 1.47. The molecule has 0 radical (unpaired) electrons. The minimum atomic E-state index is -0.959. The van der Waals surface area contributed by atoms with Gasteiger partial charge < -0.3 is 10.4 Å². The number of rotatable bonds is 6. The molecule has 1 amide bonds. The maximum atomic E-state index is 11.6. The molecule has 0 heterocycles. The molecule has 0 aliphatic rings. The van der Waals surface area contributed by atoms with Crippen LogP contribution in [-0.4, -0.2) is 21.9 Å². The Morgan fingerprint density at radius 3 is 2.63 bits per heavy atom. The Morgan fingerprint density at radius 1 is 1.37 bits per heavy atom. The normalized spacial score (nSPS) is 9.95. The number of carbonyl (C=O) groups is 2. The van der Waals surface area contributed by atoms with Crippen molar-refractivity contribution in [1.29, 1.82) is 0 Å². The number of benzene rings is 1. The van der Waals surface area contributed by atoms with Crippen LogP contribution in [0.15, 0.2) is 18.2 Å².